The zero-order valence-corrected chi connectivity index (χ0v) is 16.3. The maximum absolute atomic E-state index is 14.6. The molecule has 0 fully saturated rings. The Balaban J connectivity index is 1.70. The summed E-state index contributed by atoms with van der Waals surface area (Å²) in [4.78, 5) is 5.28. The highest BCUT2D eigenvalue weighted by atomic mass is 32.2. The van der Waals surface area contributed by atoms with Crippen molar-refractivity contribution in [2.45, 2.75) is 31.6 Å². The molecule has 3 rings (SSSR count). The van der Waals surface area contributed by atoms with Crippen LogP contribution < -0.4 is 4.72 Å². The molecule has 0 amide bonds. The Bertz CT molecular complexity index is 1060. The minimum Gasteiger partial charge on any atom is -0.390 e. The summed E-state index contributed by atoms with van der Waals surface area (Å²) in [5.41, 5.74) is 2.60. The molecular formula is C20H20FN3O3S. The SMILES string of the molecule is CC(C)S(=O)(=O)NCC1CC(c2ccc(-c3cccc(C#N)c3)c(F)c2)=NO1. The lowest BCUT2D eigenvalue weighted by Crippen LogP contribution is -2.36. The molecule has 28 heavy (non-hydrogen) atoms. The minimum absolute atomic E-state index is 0.106. The van der Waals surface area contributed by atoms with Gasteiger partial charge in [-0.3, -0.25) is 0 Å². The van der Waals surface area contributed by atoms with Gasteiger partial charge in [0.05, 0.1) is 29.1 Å². The number of rotatable bonds is 6. The van der Waals surface area contributed by atoms with Gasteiger partial charge < -0.3 is 4.84 Å². The number of hydrogen-bond donors (Lipinski definition) is 1. The van der Waals surface area contributed by atoms with Crippen LogP contribution in [0.15, 0.2) is 47.6 Å². The molecule has 0 bridgehead atoms. The largest absolute Gasteiger partial charge is 0.390 e. The molecule has 0 spiro atoms. The Morgan fingerprint density at radius 3 is 2.75 bits per heavy atom. The van der Waals surface area contributed by atoms with Gasteiger partial charge in [0.25, 0.3) is 0 Å². The Hall–Kier alpha value is -2.76. The molecule has 1 N–H and O–H groups in total. The number of hydrogen-bond acceptors (Lipinski definition) is 5. The van der Waals surface area contributed by atoms with E-state index in [9.17, 15) is 12.8 Å². The number of sulfonamides is 1. The first kappa shape index (κ1) is 20.0. The van der Waals surface area contributed by atoms with E-state index in [1.54, 1.807) is 50.2 Å². The fraction of sp³-hybridized carbons (Fsp3) is 0.300. The second-order valence-electron chi connectivity index (χ2n) is 6.80. The van der Waals surface area contributed by atoms with Crippen LogP contribution in [-0.2, 0) is 14.9 Å². The molecule has 6 nitrogen and oxygen atoms in total. The third kappa shape index (κ3) is 4.38. The molecule has 1 aliphatic rings. The predicted molar refractivity (Wildman–Crippen MR) is 105 cm³/mol. The molecule has 146 valence electrons. The van der Waals surface area contributed by atoms with Crippen LogP contribution in [0.25, 0.3) is 11.1 Å². The number of oxime groups is 1. The second kappa shape index (κ2) is 8.09. The quantitative estimate of drug-likeness (QED) is 0.805. The number of benzene rings is 2. The van der Waals surface area contributed by atoms with Crippen LogP contribution in [0.3, 0.4) is 0 Å². The van der Waals surface area contributed by atoms with Crippen LogP contribution in [0.4, 0.5) is 4.39 Å². The van der Waals surface area contributed by atoms with Crippen molar-refractivity contribution in [3.05, 3.63) is 59.4 Å². The van der Waals surface area contributed by atoms with Crippen LogP contribution in [0.5, 0.6) is 0 Å². The topological polar surface area (TPSA) is 91.6 Å². The average molecular weight is 401 g/mol. The third-order valence-corrected chi connectivity index (χ3v) is 6.28. The molecule has 8 heteroatoms. The molecule has 1 heterocycles. The summed E-state index contributed by atoms with van der Waals surface area (Å²) in [6, 6.07) is 13.5. The van der Waals surface area contributed by atoms with E-state index in [1.165, 1.54) is 6.07 Å². The number of nitrogens with one attached hydrogen (secondary N) is 1. The van der Waals surface area contributed by atoms with Crippen molar-refractivity contribution in [1.82, 2.24) is 4.72 Å². The van der Waals surface area contributed by atoms with Gasteiger partial charge in [0.2, 0.25) is 10.0 Å². The highest BCUT2D eigenvalue weighted by Crippen LogP contribution is 2.26. The lowest BCUT2D eigenvalue weighted by Gasteiger charge is -2.12. The molecule has 0 saturated heterocycles. The monoisotopic (exact) mass is 401 g/mol. The van der Waals surface area contributed by atoms with E-state index in [0.29, 0.717) is 34.4 Å². The smallest absolute Gasteiger partial charge is 0.214 e. The molecule has 1 atom stereocenters. The standard InChI is InChI=1S/C20H20FN3O3S/c1-13(2)28(25,26)23-12-17-10-20(24-27-17)16-6-7-18(19(21)9-16)15-5-3-4-14(8-15)11-22/h3-9,13,17,23H,10,12H2,1-2H3. The normalized spacial score (nSPS) is 16.5. The van der Waals surface area contributed by atoms with E-state index in [-0.39, 0.29) is 6.54 Å². The van der Waals surface area contributed by atoms with E-state index in [4.69, 9.17) is 10.1 Å². The van der Waals surface area contributed by atoms with Gasteiger partial charge in [0.15, 0.2) is 0 Å². The molecule has 0 aliphatic carbocycles. The van der Waals surface area contributed by atoms with Crippen molar-refractivity contribution >= 4 is 15.7 Å². The number of nitriles is 1. The maximum atomic E-state index is 14.6. The van der Waals surface area contributed by atoms with Crippen LogP contribution in [-0.4, -0.2) is 32.0 Å². The predicted octanol–water partition coefficient (Wildman–Crippen LogP) is 3.19. The molecule has 0 radical (unpaired) electrons. The van der Waals surface area contributed by atoms with Gasteiger partial charge in [-0.25, -0.2) is 17.5 Å². The second-order valence-corrected chi connectivity index (χ2v) is 9.12. The Morgan fingerprint density at radius 1 is 1.29 bits per heavy atom. The maximum Gasteiger partial charge on any atom is 0.214 e. The molecule has 2 aromatic carbocycles. The highest BCUT2D eigenvalue weighted by molar-refractivity contribution is 7.90. The summed E-state index contributed by atoms with van der Waals surface area (Å²) < 4.78 is 40.8. The van der Waals surface area contributed by atoms with Gasteiger partial charge in [0.1, 0.15) is 11.9 Å². The van der Waals surface area contributed by atoms with Crippen LogP contribution in [0, 0.1) is 17.1 Å². The molecule has 1 aliphatic heterocycles. The lowest BCUT2D eigenvalue weighted by atomic mass is 9.98. The van der Waals surface area contributed by atoms with Gasteiger partial charge in [-0.2, -0.15) is 5.26 Å². The van der Waals surface area contributed by atoms with Crippen molar-refractivity contribution in [1.29, 1.82) is 5.26 Å². The summed E-state index contributed by atoms with van der Waals surface area (Å²) in [5.74, 6) is -0.431. The third-order valence-electron chi connectivity index (χ3n) is 4.47. The zero-order valence-electron chi connectivity index (χ0n) is 15.5. The first-order valence-corrected chi connectivity index (χ1v) is 10.4. The van der Waals surface area contributed by atoms with E-state index in [2.05, 4.69) is 9.88 Å². The van der Waals surface area contributed by atoms with E-state index >= 15 is 0 Å². The molecule has 0 saturated carbocycles. The van der Waals surface area contributed by atoms with Crippen molar-refractivity contribution in [3.63, 3.8) is 0 Å². The summed E-state index contributed by atoms with van der Waals surface area (Å²) in [7, 11) is -3.38. The van der Waals surface area contributed by atoms with E-state index in [1.807, 2.05) is 6.07 Å². The van der Waals surface area contributed by atoms with Crippen molar-refractivity contribution in [3.8, 4) is 17.2 Å². The Kier molecular flexibility index (Phi) is 5.77. The fourth-order valence-electron chi connectivity index (χ4n) is 2.77. The number of halogens is 1. The van der Waals surface area contributed by atoms with Crippen molar-refractivity contribution in [2.24, 2.45) is 5.16 Å². The molecular weight excluding hydrogens is 381 g/mol. The van der Waals surface area contributed by atoms with Crippen molar-refractivity contribution < 1.29 is 17.6 Å². The zero-order chi connectivity index (χ0) is 20.3. The van der Waals surface area contributed by atoms with Crippen molar-refractivity contribution in [2.75, 3.05) is 6.54 Å². The summed E-state index contributed by atoms with van der Waals surface area (Å²) in [6.45, 7) is 3.29. The van der Waals surface area contributed by atoms with Crippen LogP contribution in [0.1, 0.15) is 31.4 Å². The lowest BCUT2D eigenvalue weighted by molar-refractivity contribution is 0.0891. The van der Waals surface area contributed by atoms with E-state index in [0.717, 1.165) is 0 Å². The van der Waals surface area contributed by atoms with E-state index < -0.39 is 27.2 Å². The van der Waals surface area contributed by atoms with Gasteiger partial charge in [-0.05, 0) is 37.6 Å². The minimum atomic E-state index is -3.38. The van der Waals surface area contributed by atoms with Gasteiger partial charge >= 0.3 is 0 Å². The summed E-state index contributed by atoms with van der Waals surface area (Å²) in [5, 5.41) is 12.4. The Morgan fingerprint density at radius 2 is 2.07 bits per heavy atom. The van der Waals surface area contributed by atoms with Crippen LogP contribution in [0.2, 0.25) is 0 Å². The molecule has 2 aromatic rings. The Labute approximate surface area is 163 Å². The fourth-order valence-corrected chi connectivity index (χ4v) is 3.52. The first-order chi connectivity index (χ1) is 13.3. The summed E-state index contributed by atoms with van der Waals surface area (Å²) in [6.07, 6.45) is -0.0536. The number of nitrogens with zero attached hydrogens (tertiary/aromatic N) is 2. The molecule has 0 aromatic heterocycles. The molecule has 1 unspecified atom stereocenters. The summed E-state index contributed by atoms with van der Waals surface area (Å²) >= 11 is 0. The first-order valence-electron chi connectivity index (χ1n) is 8.82. The van der Waals surface area contributed by atoms with Gasteiger partial charge in [0, 0.05) is 17.5 Å². The van der Waals surface area contributed by atoms with Gasteiger partial charge in [-0.15, -0.1) is 0 Å². The highest BCUT2D eigenvalue weighted by Gasteiger charge is 2.25. The van der Waals surface area contributed by atoms with Crippen LogP contribution >= 0.6 is 0 Å². The average Bonchev–Trinajstić information content (AvgIpc) is 3.15. The van der Waals surface area contributed by atoms with Gasteiger partial charge in [-0.1, -0.05) is 29.4 Å².